The molecule has 0 aliphatic rings. The SMILES string of the molecule is CCCc1cc(C(C)(c2cc(CCC)c(O)c(C(C)(C)CC)c2)C(F)(F)F)cc(C(C)(C)CC)c1O. The van der Waals surface area contributed by atoms with Crippen LogP contribution in [-0.2, 0) is 29.1 Å². The highest BCUT2D eigenvalue weighted by Crippen LogP contribution is 2.51. The molecule has 2 nitrogen and oxygen atoms in total. The molecule has 0 unspecified atom stereocenters. The highest BCUT2D eigenvalue weighted by atomic mass is 19.4. The number of phenolic OH excluding ortho intramolecular Hbond substituents is 2. The van der Waals surface area contributed by atoms with Crippen LogP contribution in [0.25, 0.3) is 0 Å². The first-order valence-corrected chi connectivity index (χ1v) is 13.3. The lowest BCUT2D eigenvalue weighted by Crippen LogP contribution is -2.41. The Labute approximate surface area is 216 Å². The lowest BCUT2D eigenvalue weighted by atomic mass is 9.69. The number of aromatic hydroxyl groups is 2. The van der Waals surface area contributed by atoms with Crippen LogP contribution in [0.1, 0.15) is 121 Å². The summed E-state index contributed by atoms with van der Waals surface area (Å²) in [6.45, 7) is 16.9. The average molecular weight is 507 g/mol. The number of hydrogen-bond acceptors (Lipinski definition) is 2. The van der Waals surface area contributed by atoms with Gasteiger partial charge in [0.15, 0.2) is 0 Å². The molecule has 0 radical (unpaired) electrons. The minimum Gasteiger partial charge on any atom is -0.507 e. The van der Waals surface area contributed by atoms with Gasteiger partial charge in [0, 0.05) is 11.1 Å². The number of halogens is 3. The molecule has 0 heterocycles. The summed E-state index contributed by atoms with van der Waals surface area (Å²) < 4.78 is 45.6. The predicted molar refractivity (Wildman–Crippen MR) is 143 cm³/mol. The highest BCUT2D eigenvalue weighted by Gasteiger charge is 2.54. The Morgan fingerprint density at radius 1 is 0.611 bits per heavy atom. The topological polar surface area (TPSA) is 40.5 Å². The maximum Gasteiger partial charge on any atom is 0.402 e. The first-order valence-electron chi connectivity index (χ1n) is 13.3. The average Bonchev–Trinajstić information content (AvgIpc) is 2.80. The van der Waals surface area contributed by atoms with Crippen molar-refractivity contribution < 1.29 is 23.4 Å². The van der Waals surface area contributed by atoms with Crippen LogP contribution in [0, 0.1) is 0 Å². The zero-order valence-electron chi connectivity index (χ0n) is 23.6. The van der Waals surface area contributed by atoms with E-state index in [4.69, 9.17) is 0 Å². The van der Waals surface area contributed by atoms with Crippen molar-refractivity contribution in [1.29, 1.82) is 0 Å². The lowest BCUT2D eigenvalue weighted by Gasteiger charge is -2.37. The summed E-state index contributed by atoms with van der Waals surface area (Å²) >= 11 is 0. The normalized spacial score (nSPS) is 13.3. The molecular formula is C31H45F3O2. The van der Waals surface area contributed by atoms with Crippen molar-refractivity contribution in [3.8, 4) is 11.5 Å². The minimum atomic E-state index is -4.60. The molecule has 36 heavy (non-hydrogen) atoms. The summed E-state index contributed by atoms with van der Waals surface area (Å²) in [6.07, 6.45) is -0.855. The standard InChI is InChI=1S/C31H45F3O2/c1-10-14-20-16-22(18-24(26(20)35)28(5,6)12-3)30(9,31(32,33)34)23-17-21(15-11-2)27(36)25(19-23)29(7,8)13-4/h16-19,35-36H,10-15H2,1-9H3. The molecule has 0 bridgehead atoms. The van der Waals surface area contributed by atoms with E-state index in [1.807, 2.05) is 55.4 Å². The third-order valence-corrected chi connectivity index (χ3v) is 8.36. The van der Waals surface area contributed by atoms with Crippen molar-refractivity contribution in [2.75, 3.05) is 0 Å². The van der Waals surface area contributed by atoms with Crippen LogP contribution in [0.4, 0.5) is 13.2 Å². The second-order valence-corrected chi connectivity index (χ2v) is 11.7. The Bertz CT molecular complexity index is 989. The van der Waals surface area contributed by atoms with E-state index in [1.54, 1.807) is 24.3 Å². The zero-order chi connectivity index (χ0) is 27.7. The fourth-order valence-corrected chi connectivity index (χ4v) is 4.79. The van der Waals surface area contributed by atoms with Gasteiger partial charge in [-0.3, -0.25) is 0 Å². The van der Waals surface area contributed by atoms with Gasteiger partial charge in [-0.05, 0) is 65.7 Å². The summed E-state index contributed by atoms with van der Waals surface area (Å²) in [5.41, 5.74) is -0.878. The van der Waals surface area contributed by atoms with Crippen molar-refractivity contribution in [2.45, 2.75) is 123 Å². The van der Waals surface area contributed by atoms with Gasteiger partial charge >= 0.3 is 6.18 Å². The Morgan fingerprint density at radius 3 is 1.19 bits per heavy atom. The molecule has 2 aromatic rings. The number of rotatable bonds is 10. The molecule has 2 N–H and O–H groups in total. The van der Waals surface area contributed by atoms with Crippen molar-refractivity contribution in [3.05, 3.63) is 57.6 Å². The molecular weight excluding hydrogens is 461 g/mol. The molecule has 202 valence electrons. The third kappa shape index (κ3) is 5.40. The Balaban J connectivity index is 3.04. The Kier molecular flexibility index (Phi) is 8.91. The van der Waals surface area contributed by atoms with Crippen LogP contribution in [0.15, 0.2) is 24.3 Å². The molecule has 0 saturated heterocycles. The van der Waals surface area contributed by atoms with Crippen molar-refractivity contribution >= 4 is 0 Å². The van der Waals surface area contributed by atoms with Gasteiger partial charge in [-0.15, -0.1) is 0 Å². The maximum absolute atomic E-state index is 15.2. The minimum absolute atomic E-state index is 0.0992. The molecule has 0 fully saturated rings. The molecule has 0 amide bonds. The van der Waals surface area contributed by atoms with Crippen molar-refractivity contribution in [1.82, 2.24) is 0 Å². The van der Waals surface area contributed by atoms with E-state index in [2.05, 4.69) is 0 Å². The molecule has 0 atom stereocenters. The summed E-state index contributed by atoms with van der Waals surface area (Å²) in [6, 6.07) is 6.20. The zero-order valence-corrected chi connectivity index (χ0v) is 23.6. The van der Waals surface area contributed by atoms with Gasteiger partial charge in [-0.2, -0.15) is 13.2 Å². The van der Waals surface area contributed by atoms with E-state index in [0.717, 1.165) is 0 Å². The number of hydrogen-bond donors (Lipinski definition) is 2. The first kappa shape index (κ1) is 30.1. The second kappa shape index (κ2) is 10.7. The Morgan fingerprint density at radius 2 is 0.944 bits per heavy atom. The van der Waals surface area contributed by atoms with Crippen LogP contribution < -0.4 is 0 Å². The van der Waals surface area contributed by atoms with Gasteiger partial charge in [0.05, 0.1) is 0 Å². The van der Waals surface area contributed by atoms with Gasteiger partial charge in [0.2, 0.25) is 0 Å². The van der Waals surface area contributed by atoms with Crippen LogP contribution in [0.2, 0.25) is 0 Å². The maximum atomic E-state index is 15.2. The fourth-order valence-electron chi connectivity index (χ4n) is 4.79. The Hall–Kier alpha value is -2.17. The monoisotopic (exact) mass is 506 g/mol. The van der Waals surface area contributed by atoms with Crippen LogP contribution in [-0.4, -0.2) is 16.4 Å². The highest BCUT2D eigenvalue weighted by molar-refractivity contribution is 5.56. The van der Waals surface area contributed by atoms with Gasteiger partial charge in [-0.1, -0.05) is 92.5 Å². The van der Waals surface area contributed by atoms with E-state index in [9.17, 15) is 10.2 Å². The van der Waals surface area contributed by atoms with Crippen LogP contribution >= 0.6 is 0 Å². The number of alkyl halides is 3. The van der Waals surface area contributed by atoms with E-state index in [0.29, 0.717) is 60.8 Å². The third-order valence-electron chi connectivity index (χ3n) is 8.36. The first-order chi connectivity index (χ1) is 16.5. The van der Waals surface area contributed by atoms with E-state index >= 15 is 13.2 Å². The number of phenols is 2. The van der Waals surface area contributed by atoms with Crippen LogP contribution in [0.3, 0.4) is 0 Å². The second-order valence-electron chi connectivity index (χ2n) is 11.7. The molecule has 0 spiro atoms. The number of aryl methyl sites for hydroxylation is 2. The van der Waals surface area contributed by atoms with Gasteiger partial charge < -0.3 is 10.2 Å². The lowest BCUT2D eigenvalue weighted by molar-refractivity contribution is -0.173. The van der Waals surface area contributed by atoms with Gasteiger partial charge in [0.1, 0.15) is 16.9 Å². The molecule has 5 heteroatoms. The van der Waals surface area contributed by atoms with Gasteiger partial charge in [-0.25, -0.2) is 0 Å². The summed E-state index contributed by atoms with van der Waals surface area (Å²) in [5.74, 6) is 0.198. The van der Waals surface area contributed by atoms with Crippen molar-refractivity contribution in [3.63, 3.8) is 0 Å². The summed E-state index contributed by atoms with van der Waals surface area (Å²) in [7, 11) is 0. The molecule has 0 saturated carbocycles. The van der Waals surface area contributed by atoms with Crippen molar-refractivity contribution in [2.24, 2.45) is 0 Å². The van der Waals surface area contributed by atoms with Gasteiger partial charge in [0.25, 0.3) is 0 Å². The molecule has 0 aliphatic heterocycles. The molecule has 0 aliphatic carbocycles. The molecule has 0 aromatic heterocycles. The fraction of sp³-hybridized carbons (Fsp3) is 0.613. The summed E-state index contributed by atoms with van der Waals surface area (Å²) in [5, 5.41) is 22.1. The smallest absolute Gasteiger partial charge is 0.402 e. The quantitative estimate of drug-likeness (QED) is 0.337. The largest absolute Gasteiger partial charge is 0.507 e. The molecule has 2 aromatic carbocycles. The predicted octanol–water partition coefficient (Wildman–Crippen LogP) is 9.25. The van der Waals surface area contributed by atoms with E-state index in [1.165, 1.54) is 6.92 Å². The molecule has 2 rings (SSSR count). The van der Waals surface area contributed by atoms with E-state index < -0.39 is 22.4 Å². The van der Waals surface area contributed by atoms with Crippen LogP contribution in [0.5, 0.6) is 11.5 Å². The number of benzene rings is 2. The van der Waals surface area contributed by atoms with E-state index in [-0.39, 0.29) is 22.6 Å². The summed E-state index contributed by atoms with van der Waals surface area (Å²) in [4.78, 5) is 0.